The number of nitrogens with zero attached hydrogens (tertiary/aromatic N) is 2. The molecule has 11 nitrogen and oxygen atoms in total. The number of para-hydroxylation sites is 2. The molecule has 40 heavy (non-hydrogen) atoms. The highest BCUT2D eigenvalue weighted by Crippen LogP contribution is 2.30. The van der Waals surface area contributed by atoms with Crippen LogP contribution in [0.5, 0.6) is 0 Å². The quantitative estimate of drug-likeness (QED) is 0.182. The van der Waals surface area contributed by atoms with E-state index in [1.165, 1.54) is 48.5 Å². The van der Waals surface area contributed by atoms with Crippen molar-refractivity contribution in [1.29, 1.82) is 0 Å². The van der Waals surface area contributed by atoms with Gasteiger partial charge in [-0.05, 0) is 66.7 Å². The first-order valence-electron chi connectivity index (χ1n) is 11.5. The predicted octanol–water partition coefficient (Wildman–Crippen LogP) is 4.99. The second kappa shape index (κ2) is 11.9. The van der Waals surface area contributed by atoms with E-state index in [1.54, 1.807) is 42.5 Å². The molecule has 4 aromatic carbocycles. The van der Waals surface area contributed by atoms with Crippen LogP contribution in [-0.4, -0.2) is 34.2 Å². The zero-order valence-electron chi connectivity index (χ0n) is 20.5. The molecule has 4 rings (SSSR count). The molecule has 1 amide bonds. The number of hydrogen-bond acceptors (Lipinski definition) is 7. The van der Waals surface area contributed by atoms with Crippen molar-refractivity contribution in [2.45, 2.75) is 9.79 Å². The fourth-order valence-electron chi connectivity index (χ4n) is 3.63. The second-order valence-corrected chi connectivity index (χ2v) is 12.7. The molecule has 0 radical (unpaired) electrons. The SMILES string of the molecule is O=C(CN(c1ccccc1)S(=O)(=O)c1ccccc1[N+](=O)[O-])Nc1ccc(S(=O)(=O)Nc2ccc(Br)cc2)cc1. The van der Waals surface area contributed by atoms with Gasteiger partial charge in [0.2, 0.25) is 5.91 Å². The Bertz CT molecular complexity index is 1750. The van der Waals surface area contributed by atoms with Gasteiger partial charge < -0.3 is 5.32 Å². The van der Waals surface area contributed by atoms with Crippen LogP contribution < -0.4 is 14.3 Å². The minimum Gasteiger partial charge on any atom is -0.325 e. The van der Waals surface area contributed by atoms with Gasteiger partial charge in [0.15, 0.2) is 4.90 Å². The van der Waals surface area contributed by atoms with E-state index in [0.717, 1.165) is 20.9 Å². The number of rotatable bonds is 10. The maximum atomic E-state index is 13.5. The van der Waals surface area contributed by atoms with Crippen molar-refractivity contribution in [2.75, 3.05) is 20.9 Å². The van der Waals surface area contributed by atoms with Crippen LogP contribution >= 0.6 is 15.9 Å². The Balaban J connectivity index is 1.55. The zero-order valence-corrected chi connectivity index (χ0v) is 23.7. The number of amides is 1. The van der Waals surface area contributed by atoms with Crippen LogP contribution in [0.1, 0.15) is 0 Å². The van der Waals surface area contributed by atoms with Crippen molar-refractivity contribution >= 4 is 64.6 Å². The molecule has 206 valence electrons. The number of nitrogens with one attached hydrogen (secondary N) is 2. The van der Waals surface area contributed by atoms with Crippen LogP contribution in [0.25, 0.3) is 0 Å². The summed E-state index contributed by atoms with van der Waals surface area (Å²) in [7, 11) is -8.44. The predicted molar refractivity (Wildman–Crippen MR) is 154 cm³/mol. The molecule has 0 aliphatic heterocycles. The molecule has 0 aromatic heterocycles. The van der Waals surface area contributed by atoms with Gasteiger partial charge in [-0.25, -0.2) is 16.8 Å². The van der Waals surface area contributed by atoms with Gasteiger partial charge in [-0.3, -0.25) is 23.9 Å². The van der Waals surface area contributed by atoms with E-state index in [0.29, 0.717) is 5.69 Å². The monoisotopic (exact) mass is 644 g/mol. The molecule has 0 heterocycles. The fourth-order valence-corrected chi connectivity index (χ4v) is 6.54. The molecule has 0 spiro atoms. The number of anilines is 3. The Labute approximate surface area is 238 Å². The molecule has 0 atom stereocenters. The Morgan fingerprint density at radius 3 is 2.00 bits per heavy atom. The van der Waals surface area contributed by atoms with Crippen LogP contribution in [-0.2, 0) is 24.8 Å². The van der Waals surface area contributed by atoms with Gasteiger partial charge in [-0.1, -0.05) is 46.3 Å². The van der Waals surface area contributed by atoms with Gasteiger partial charge in [-0.15, -0.1) is 0 Å². The first-order valence-corrected chi connectivity index (χ1v) is 15.2. The average Bonchev–Trinajstić information content (AvgIpc) is 2.93. The third-order valence-corrected chi connectivity index (χ3v) is 9.25. The van der Waals surface area contributed by atoms with E-state index < -0.39 is 48.0 Å². The van der Waals surface area contributed by atoms with Crippen molar-refractivity contribution in [3.63, 3.8) is 0 Å². The Hall–Kier alpha value is -4.27. The van der Waals surface area contributed by atoms with Crippen LogP contribution in [0.4, 0.5) is 22.7 Å². The lowest BCUT2D eigenvalue weighted by atomic mass is 10.3. The number of halogens is 1. The van der Waals surface area contributed by atoms with E-state index in [-0.39, 0.29) is 16.3 Å². The van der Waals surface area contributed by atoms with E-state index in [4.69, 9.17) is 0 Å². The molecular weight excluding hydrogens is 624 g/mol. The summed E-state index contributed by atoms with van der Waals surface area (Å²) in [6.45, 7) is -0.705. The number of carbonyl (C=O) groups excluding carboxylic acids is 1. The second-order valence-electron chi connectivity index (χ2n) is 8.26. The van der Waals surface area contributed by atoms with Gasteiger partial charge in [0.25, 0.3) is 25.7 Å². The van der Waals surface area contributed by atoms with Gasteiger partial charge in [0.1, 0.15) is 6.54 Å². The van der Waals surface area contributed by atoms with Crippen molar-refractivity contribution in [3.8, 4) is 0 Å². The largest absolute Gasteiger partial charge is 0.325 e. The number of hydrogen-bond donors (Lipinski definition) is 2. The number of benzene rings is 4. The lowest BCUT2D eigenvalue weighted by molar-refractivity contribution is -0.387. The van der Waals surface area contributed by atoms with Crippen LogP contribution in [0.15, 0.2) is 117 Å². The highest BCUT2D eigenvalue weighted by molar-refractivity contribution is 9.10. The van der Waals surface area contributed by atoms with Crippen LogP contribution in [0.2, 0.25) is 0 Å². The van der Waals surface area contributed by atoms with E-state index in [1.807, 2.05) is 0 Å². The van der Waals surface area contributed by atoms with Gasteiger partial charge >= 0.3 is 0 Å². The Morgan fingerprint density at radius 1 is 0.800 bits per heavy atom. The summed E-state index contributed by atoms with van der Waals surface area (Å²) in [5, 5.41) is 14.0. The Morgan fingerprint density at radius 2 is 1.38 bits per heavy atom. The maximum Gasteiger partial charge on any atom is 0.289 e. The summed E-state index contributed by atoms with van der Waals surface area (Å²) >= 11 is 3.28. The molecule has 0 saturated heterocycles. The standard InChI is InChI=1S/C26H21BrN4O7S2/c27-19-10-12-21(13-11-19)29-39(35,36)23-16-14-20(15-17-23)28-26(32)18-30(22-6-2-1-3-7-22)40(37,38)25-9-5-4-8-24(25)31(33)34/h1-17,29H,18H2,(H,28,32). The molecule has 0 aliphatic rings. The molecule has 2 N–H and O–H groups in total. The van der Waals surface area contributed by atoms with Gasteiger partial charge in [0.05, 0.1) is 15.5 Å². The van der Waals surface area contributed by atoms with Crippen molar-refractivity contribution in [3.05, 3.63) is 118 Å². The number of nitro groups is 1. The summed E-state index contributed by atoms with van der Waals surface area (Å²) in [5.41, 5.74) is 0.0683. The van der Waals surface area contributed by atoms with Gasteiger partial charge in [0, 0.05) is 21.9 Å². The molecule has 0 saturated carbocycles. The lowest BCUT2D eigenvalue weighted by Gasteiger charge is -2.24. The van der Waals surface area contributed by atoms with Crippen molar-refractivity contribution in [2.24, 2.45) is 0 Å². The molecular formula is C26H21BrN4O7S2. The number of sulfonamides is 2. The molecule has 0 fully saturated rings. The lowest BCUT2D eigenvalue weighted by Crippen LogP contribution is -2.38. The summed E-state index contributed by atoms with van der Waals surface area (Å²) in [4.78, 5) is 23.0. The minimum atomic E-state index is -4.54. The zero-order chi connectivity index (χ0) is 28.9. The normalized spacial score (nSPS) is 11.4. The minimum absolute atomic E-state index is 0.0571. The topological polar surface area (TPSA) is 156 Å². The van der Waals surface area contributed by atoms with Crippen molar-refractivity contribution < 1.29 is 26.6 Å². The number of nitro benzene ring substituents is 1. The third-order valence-electron chi connectivity index (χ3n) is 5.51. The maximum absolute atomic E-state index is 13.5. The molecule has 4 aromatic rings. The van der Waals surface area contributed by atoms with E-state index >= 15 is 0 Å². The van der Waals surface area contributed by atoms with E-state index in [9.17, 15) is 31.7 Å². The van der Waals surface area contributed by atoms with Crippen LogP contribution in [0.3, 0.4) is 0 Å². The van der Waals surface area contributed by atoms with Crippen LogP contribution in [0, 0.1) is 10.1 Å². The third kappa shape index (κ3) is 6.65. The average molecular weight is 646 g/mol. The smallest absolute Gasteiger partial charge is 0.289 e. The fraction of sp³-hybridized carbons (Fsp3) is 0.0385. The first-order chi connectivity index (χ1) is 19.0. The highest BCUT2D eigenvalue weighted by Gasteiger charge is 2.33. The molecule has 0 aliphatic carbocycles. The van der Waals surface area contributed by atoms with Crippen molar-refractivity contribution in [1.82, 2.24) is 0 Å². The number of carbonyl (C=O) groups is 1. The highest BCUT2D eigenvalue weighted by atomic mass is 79.9. The molecule has 0 bridgehead atoms. The van der Waals surface area contributed by atoms with E-state index in [2.05, 4.69) is 26.0 Å². The first kappa shape index (κ1) is 28.7. The molecule has 14 heteroatoms. The Kier molecular flexibility index (Phi) is 8.52. The molecule has 0 unspecified atom stereocenters. The summed E-state index contributed by atoms with van der Waals surface area (Å²) in [5.74, 6) is -0.755. The summed E-state index contributed by atoms with van der Waals surface area (Å²) in [6.07, 6.45) is 0. The summed E-state index contributed by atoms with van der Waals surface area (Å²) < 4.78 is 56.5. The van der Waals surface area contributed by atoms with Gasteiger partial charge in [-0.2, -0.15) is 0 Å². The summed E-state index contributed by atoms with van der Waals surface area (Å²) in [6, 6.07) is 24.4.